The summed E-state index contributed by atoms with van der Waals surface area (Å²) in [6.07, 6.45) is 2.90. The van der Waals surface area contributed by atoms with Gasteiger partial charge >= 0.3 is 0 Å². The molecule has 0 bridgehead atoms. The van der Waals surface area contributed by atoms with E-state index in [1.165, 1.54) is 6.20 Å². The minimum Gasteiger partial charge on any atom is -0.332 e. The predicted octanol–water partition coefficient (Wildman–Crippen LogP) is 2.12. The lowest BCUT2D eigenvalue weighted by atomic mass is 10.1. The third-order valence-corrected chi connectivity index (χ3v) is 2.43. The number of carbonyl (C=O) groups excluding carboxylic acids is 1. The van der Waals surface area contributed by atoms with Crippen molar-refractivity contribution in [1.82, 2.24) is 9.55 Å². The van der Waals surface area contributed by atoms with E-state index in [-0.39, 0.29) is 23.6 Å². The van der Waals surface area contributed by atoms with Gasteiger partial charge in [-0.25, -0.2) is 13.8 Å². The molecule has 0 unspecified atom stereocenters. The monoisotopic (exact) mass is 236 g/mol. The molecule has 0 amide bonds. The van der Waals surface area contributed by atoms with Crippen LogP contribution in [0, 0.1) is 11.6 Å². The van der Waals surface area contributed by atoms with Gasteiger partial charge in [0.1, 0.15) is 11.6 Å². The number of benzene rings is 1. The van der Waals surface area contributed by atoms with E-state index in [9.17, 15) is 13.6 Å². The Morgan fingerprint density at radius 1 is 1.41 bits per heavy atom. The first-order valence-corrected chi connectivity index (χ1v) is 5.02. The maximum Gasteiger partial charge on any atom is 0.202 e. The van der Waals surface area contributed by atoms with Crippen molar-refractivity contribution in [2.75, 3.05) is 0 Å². The molecule has 5 heteroatoms. The number of rotatable bonds is 3. The van der Waals surface area contributed by atoms with E-state index < -0.39 is 11.6 Å². The lowest BCUT2D eigenvalue weighted by Crippen LogP contribution is -2.11. The molecule has 88 valence electrons. The van der Waals surface area contributed by atoms with E-state index in [4.69, 9.17) is 0 Å². The van der Waals surface area contributed by atoms with Crippen molar-refractivity contribution in [3.63, 3.8) is 0 Å². The molecule has 2 rings (SSSR count). The number of hydrogen-bond donors (Lipinski definition) is 0. The minimum atomic E-state index is -0.589. The fraction of sp³-hybridized carbons (Fsp3) is 0.167. The van der Waals surface area contributed by atoms with Crippen LogP contribution in [0.1, 0.15) is 16.2 Å². The van der Waals surface area contributed by atoms with Crippen LogP contribution in [0.25, 0.3) is 0 Å². The summed E-state index contributed by atoms with van der Waals surface area (Å²) in [5.41, 5.74) is 0.0398. The summed E-state index contributed by atoms with van der Waals surface area (Å²) in [4.78, 5) is 15.6. The fourth-order valence-electron chi connectivity index (χ4n) is 1.57. The fourth-order valence-corrected chi connectivity index (χ4v) is 1.57. The molecule has 1 heterocycles. The van der Waals surface area contributed by atoms with Crippen LogP contribution in [0.2, 0.25) is 0 Å². The predicted molar refractivity (Wildman–Crippen MR) is 57.6 cm³/mol. The second-order valence-electron chi connectivity index (χ2n) is 3.70. The first-order chi connectivity index (χ1) is 8.08. The molecule has 0 saturated carbocycles. The van der Waals surface area contributed by atoms with Gasteiger partial charge in [-0.1, -0.05) is 0 Å². The van der Waals surface area contributed by atoms with Crippen LogP contribution in [0.15, 0.2) is 30.6 Å². The van der Waals surface area contributed by atoms with Gasteiger partial charge in [0.25, 0.3) is 0 Å². The Labute approximate surface area is 96.7 Å². The van der Waals surface area contributed by atoms with E-state index in [0.29, 0.717) is 0 Å². The van der Waals surface area contributed by atoms with Crippen LogP contribution < -0.4 is 0 Å². The average Bonchev–Trinajstić information content (AvgIpc) is 2.70. The third-order valence-electron chi connectivity index (χ3n) is 2.43. The highest BCUT2D eigenvalue weighted by Gasteiger charge is 2.14. The van der Waals surface area contributed by atoms with Crippen LogP contribution in [0.4, 0.5) is 8.78 Å². The Balaban J connectivity index is 2.24. The number of carbonyl (C=O) groups is 1. The molecule has 2 aromatic rings. The number of halogens is 2. The molecule has 0 fully saturated rings. The summed E-state index contributed by atoms with van der Waals surface area (Å²) in [5, 5.41) is 0. The number of imidazole rings is 1. The van der Waals surface area contributed by atoms with Gasteiger partial charge in [-0.05, 0) is 23.8 Å². The highest BCUT2D eigenvalue weighted by atomic mass is 19.1. The number of ketones is 1. The second kappa shape index (κ2) is 4.45. The van der Waals surface area contributed by atoms with Crippen molar-refractivity contribution < 1.29 is 13.6 Å². The lowest BCUT2D eigenvalue weighted by Gasteiger charge is -2.03. The van der Waals surface area contributed by atoms with Crippen LogP contribution in [0.5, 0.6) is 0 Å². The van der Waals surface area contributed by atoms with Gasteiger partial charge in [-0.15, -0.1) is 0 Å². The number of aryl methyl sites for hydroxylation is 1. The minimum absolute atomic E-state index is 0.0398. The highest BCUT2D eigenvalue weighted by Crippen LogP contribution is 2.12. The van der Waals surface area contributed by atoms with Gasteiger partial charge in [0.15, 0.2) is 5.82 Å². The van der Waals surface area contributed by atoms with Crippen LogP contribution >= 0.6 is 0 Å². The van der Waals surface area contributed by atoms with Crippen molar-refractivity contribution in [1.29, 1.82) is 0 Å². The molecular formula is C12H10F2N2O. The number of nitrogens with zero attached hydrogens (tertiary/aromatic N) is 2. The van der Waals surface area contributed by atoms with Crippen LogP contribution in [0.3, 0.4) is 0 Å². The average molecular weight is 236 g/mol. The standard InChI is InChI=1S/C12H10F2N2O/c1-16-5-4-15-12(16)11(17)7-8-6-9(13)2-3-10(8)14/h2-6H,7H2,1H3. The Bertz CT molecular complexity index is 563. The van der Waals surface area contributed by atoms with Crippen LogP contribution in [-0.4, -0.2) is 15.3 Å². The third kappa shape index (κ3) is 2.38. The molecule has 0 radical (unpaired) electrons. The van der Waals surface area contributed by atoms with Crippen molar-refractivity contribution in [2.24, 2.45) is 7.05 Å². The molecule has 0 aliphatic rings. The molecule has 17 heavy (non-hydrogen) atoms. The summed E-state index contributed by atoms with van der Waals surface area (Å²) in [5.74, 6) is -1.27. The molecule has 0 aliphatic carbocycles. The van der Waals surface area contributed by atoms with Crippen molar-refractivity contribution >= 4 is 5.78 Å². The molecule has 3 nitrogen and oxygen atoms in total. The zero-order valence-corrected chi connectivity index (χ0v) is 9.15. The summed E-state index contributed by atoms with van der Waals surface area (Å²) >= 11 is 0. The van der Waals surface area contributed by atoms with Gasteiger partial charge < -0.3 is 4.57 Å². The highest BCUT2D eigenvalue weighted by molar-refractivity contribution is 5.94. The summed E-state index contributed by atoms with van der Waals surface area (Å²) in [6.45, 7) is 0. The molecule has 0 N–H and O–H groups in total. The van der Waals surface area contributed by atoms with Gasteiger partial charge in [0.05, 0.1) is 0 Å². The lowest BCUT2D eigenvalue weighted by molar-refractivity contribution is 0.0979. The van der Waals surface area contributed by atoms with E-state index in [1.807, 2.05) is 0 Å². The number of hydrogen-bond acceptors (Lipinski definition) is 2. The maximum atomic E-state index is 13.3. The number of aromatic nitrogens is 2. The molecule has 0 aliphatic heterocycles. The Kier molecular flexibility index (Phi) is 2.99. The Morgan fingerprint density at radius 3 is 2.82 bits per heavy atom. The van der Waals surface area contributed by atoms with Gasteiger partial charge in [0, 0.05) is 25.9 Å². The van der Waals surface area contributed by atoms with E-state index in [0.717, 1.165) is 18.2 Å². The summed E-state index contributed by atoms with van der Waals surface area (Å²) in [6, 6.07) is 3.05. The molecule has 1 aromatic heterocycles. The zero-order valence-electron chi connectivity index (χ0n) is 9.15. The molecule has 0 spiro atoms. The number of Topliss-reactive ketones (excluding diaryl/α,β-unsaturated/α-hetero) is 1. The smallest absolute Gasteiger partial charge is 0.202 e. The van der Waals surface area contributed by atoms with Gasteiger partial charge in [0.2, 0.25) is 5.78 Å². The van der Waals surface area contributed by atoms with Crippen molar-refractivity contribution in [3.8, 4) is 0 Å². The van der Waals surface area contributed by atoms with Gasteiger partial charge in [-0.2, -0.15) is 0 Å². The van der Waals surface area contributed by atoms with Gasteiger partial charge in [-0.3, -0.25) is 4.79 Å². The van der Waals surface area contributed by atoms with Crippen molar-refractivity contribution in [2.45, 2.75) is 6.42 Å². The normalized spacial score (nSPS) is 10.5. The van der Waals surface area contributed by atoms with E-state index >= 15 is 0 Å². The Hall–Kier alpha value is -2.04. The second-order valence-corrected chi connectivity index (χ2v) is 3.70. The topological polar surface area (TPSA) is 34.9 Å². The van der Waals surface area contributed by atoms with Crippen LogP contribution in [-0.2, 0) is 13.5 Å². The molecule has 1 aromatic carbocycles. The Morgan fingerprint density at radius 2 is 2.18 bits per heavy atom. The SMILES string of the molecule is Cn1ccnc1C(=O)Cc1cc(F)ccc1F. The first-order valence-electron chi connectivity index (χ1n) is 5.02. The van der Waals surface area contributed by atoms with E-state index in [2.05, 4.69) is 4.98 Å². The molecular weight excluding hydrogens is 226 g/mol. The molecule has 0 saturated heterocycles. The largest absolute Gasteiger partial charge is 0.332 e. The maximum absolute atomic E-state index is 13.3. The molecule has 0 atom stereocenters. The first kappa shape index (κ1) is 11.4. The zero-order chi connectivity index (χ0) is 12.4. The quantitative estimate of drug-likeness (QED) is 0.765. The van der Waals surface area contributed by atoms with E-state index in [1.54, 1.807) is 17.8 Å². The summed E-state index contributed by atoms with van der Waals surface area (Å²) in [7, 11) is 1.67. The van der Waals surface area contributed by atoms with Crippen molar-refractivity contribution in [3.05, 3.63) is 53.6 Å². The summed E-state index contributed by atoms with van der Waals surface area (Å²) < 4.78 is 27.8.